The number of nitrogens with zero attached hydrogens (tertiary/aromatic N) is 2. The molecule has 90 valence electrons. The van der Waals surface area contributed by atoms with Gasteiger partial charge in [-0.15, -0.1) is 0 Å². The van der Waals surface area contributed by atoms with Gasteiger partial charge in [-0.3, -0.25) is 0 Å². The summed E-state index contributed by atoms with van der Waals surface area (Å²) in [7, 11) is 0. The molecule has 1 fully saturated rings. The SMILES string of the molecule is CCC[C@@H](N)c1nc(C2CCOCC2)no1. The maximum atomic E-state index is 5.93. The summed E-state index contributed by atoms with van der Waals surface area (Å²) in [6, 6.07) is -0.119. The lowest BCUT2D eigenvalue weighted by molar-refractivity contribution is 0.0830. The fourth-order valence-electron chi connectivity index (χ4n) is 1.95. The van der Waals surface area contributed by atoms with Gasteiger partial charge in [0, 0.05) is 19.1 Å². The van der Waals surface area contributed by atoms with Crippen LogP contribution in [0.1, 0.15) is 56.3 Å². The van der Waals surface area contributed by atoms with Crippen molar-refractivity contribution in [2.45, 2.75) is 44.6 Å². The molecule has 1 aromatic heterocycles. The van der Waals surface area contributed by atoms with Crippen LogP contribution >= 0.6 is 0 Å². The molecule has 0 unspecified atom stereocenters. The molecule has 16 heavy (non-hydrogen) atoms. The van der Waals surface area contributed by atoms with Gasteiger partial charge in [0.25, 0.3) is 0 Å². The van der Waals surface area contributed by atoms with Crippen molar-refractivity contribution in [3.8, 4) is 0 Å². The average molecular weight is 225 g/mol. The van der Waals surface area contributed by atoms with Crippen molar-refractivity contribution in [3.63, 3.8) is 0 Å². The van der Waals surface area contributed by atoms with Gasteiger partial charge >= 0.3 is 0 Å². The van der Waals surface area contributed by atoms with E-state index in [-0.39, 0.29) is 6.04 Å². The standard InChI is InChI=1S/C11H19N3O2/c1-2-3-9(12)11-13-10(14-16-11)8-4-6-15-7-5-8/h8-9H,2-7,12H2,1H3/t9-/m1/s1. The molecular formula is C11H19N3O2. The zero-order valence-electron chi connectivity index (χ0n) is 9.69. The second-order valence-electron chi connectivity index (χ2n) is 4.27. The second-order valence-corrected chi connectivity index (χ2v) is 4.27. The summed E-state index contributed by atoms with van der Waals surface area (Å²) in [4.78, 5) is 4.39. The van der Waals surface area contributed by atoms with Gasteiger partial charge in [0.2, 0.25) is 5.89 Å². The Morgan fingerprint density at radius 1 is 1.44 bits per heavy atom. The van der Waals surface area contributed by atoms with Gasteiger partial charge < -0.3 is 15.0 Å². The largest absolute Gasteiger partial charge is 0.381 e. The van der Waals surface area contributed by atoms with E-state index in [2.05, 4.69) is 17.1 Å². The van der Waals surface area contributed by atoms with Crippen molar-refractivity contribution in [1.82, 2.24) is 10.1 Å². The van der Waals surface area contributed by atoms with Gasteiger partial charge in [0.1, 0.15) is 0 Å². The molecule has 2 heterocycles. The van der Waals surface area contributed by atoms with Crippen LogP contribution in [0.4, 0.5) is 0 Å². The van der Waals surface area contributed by atoms with Gasteiger partial charge in [-0.2, -0.15) is 4.98 Å². The predicted octanol–water partition coefficient (Wildman–Crippen LogP) is 1.76. The third kappa shape index (κ3) is 2.59. The first-order chi connectivity index (χ1) is 7.81. The molecule has 1 atom stereocenters. The fourth-order valence-corrected chi connectivity index (χ4v) is 1.95. The summed E-state index contributed by atoms with van der Waals surface area (Å²) in [5.74, 6) is 1.74. The molecule has 1 saturated heterocycles. The zero-order valence-corrected chi connectivity index (χ0v) is 9.69. The highest BCUT2D eigenvalue weighted by Gasteiger charge is 2.22. The van der Waals surface area contributed by atoms with Crippen LogP contribution in [0.5, 0.6) is 0 Å². The van der Waals surface area contributed by atoms with Crippen LogP contribution in [0.15, 0.2) is 4.52 Å². The Kier molecular flexibility index (Phi) is 3.90. The maximum absolute atomic E-state index is 5.93. The molecule has 0 radical (unpaired) electrons. The van der Waals surface area contributed by atoms with E-state index < -0.39 is 0 Å². The van der Waals surface area contributed by atoms with Crippen LogP contribution in [-0.4, -0.2) is 23.4 Å². The first-order valence-electron chi connectivity index (χ1n) is 5.98. The summed E-state index contributed by atoms with van der Waals surface area (Å²) in [6.07, 6.45) is 3.86. The van der Waals surface area contributed by atoms with Crippen LogP contribution in [0.3, 0.4) is 0 Å². The average Bonchev–Trinajstić information content (AvgIpc) is 2.80. The van der Waals surface area contributed by atoms with Crippen molar-refractivity contribution in [2.75, 3.05) is 13.2 Å². The lowest BCUT2D eigenvalue weighted by Crippen LogP contribution is -2.15. The number of ether oxygens (including phenoxy) is 1. The molecule has 2 N–H and O–H groups in total. The number of hydrogen-bond donors (Lipinski definition) is 1. The molecule has 0 aromatic carbocycles. The van der Waals surface area contributed by atoms with Gasteiger partial charge in [0.05, 0.1) is 6.04 Å². The summed E-state index contributed by atoms with van der Waals surface area (Å²) in [6.45, 7) is 3.67. The molecule has 2 rings (SSSR count). The van der Waals surface area contributed by atoms with E-state index in [0.717, 1.165) is 44.7 Å². The highest BCUT2D eigenvalue weighted by molar-refractivity contribution is 4.98. The van der Waals surface area contributed by atoms with E-state index in [9.17, 15) is 0 Å². The van der Waals surface area contributed by atoms with E-state index in [0.29, 0.717) is 11.8 Å². The number of hydrogen-bond acceptors (Lipinski definition) is 5. The monoisotopic (exact) mass is 225 g/mol. The van der Waals surface area contributed by atoms with E-state index >= 15 is 0 Å². The quantitative estimate of drug-likeness (QED) is 0.845. The Labute approximate surface area is 95.3 Å². The molecule has 5 nitrogen and oxygen atoms in total. The van der Waals surface area contributed by atoms with Crippen LogP contribution in [0.25, 0.3) is 0 Å². The first-order valence-corrected chi connectivity index (χ1v) is 5.98. The van der Waals surface area contributed by atoms with Crippen LogP contribution in [0, 0.1) is 0 Å². The predicted molar refractivity (Wildman–Crippen MR) is 58.9 cm³/mol. The van der Waals surface area contributed by atoms with Crippen molar-refractivity contribution in [3.05, 3.63) is 11.7 Å². The number of rotatable bonds is 4. The number of nitrogens with two attached hydrogens (primary N) is 1. The van der Waals surface area contributed by atoms with Crippen molar-refractivity contribution >= 4 is 0 Å². The summed E-state index contributed by atoms with van der Waals surface area (Å²) in [5, 5.41) is 4.02. The van der Waals surface area contributed by atoms with Crippen molar-refractivity contribution in [1.29, 1.82) is 0 Å². The molecule has 0 saturated carbocycles. The molecule has 0 spiro atoms. The minimum absolute atomic E-state index is 0.119. The zero-order chi connectivity index (χ0) is 11.4. The molecule has 1 aromatic rings. The van der Waals surface area contributed by atoms with Crippen LogP contribution in [0.2, 0.25) is 0 Å². The van der Waals surface area contributed by atoms with E-state index in [4.69, 9.17) is 15.0 Å². The molecule has 0 amide bonds. The van der Waals surface area contributed by atoms with Gasteiger partial charge in [-0.25, -0.2) is 0 Å². The molecule has 1 aliphatic heterocycles. The summed E-state index contributed by atoms with van der Waals surface area (Å²) < 4.78 is 10.5. The van der Waals surface area contributed by atoms with Crippen LogP contribution in [-0.2, 0) is 4.74 Å². The Bertz CT molecular complexity index is 321. The smallest absolute Gasteiger partial charge is 0.243 e. The third-order valence-electron chi connectivity index (χ3n) is 2.96. The van der Waals surface area contributed by atoms with Crippen molar-refractivity contribution < 1.29 is 9.26 Å². The topological polar surface area (TPSA) is 74.2 Å². The number of aromatic nitrogens is 2. The molecule has 5 heteroatoms. The van der Waals surface area contributed by atoms with Crippen LogP contribution < -0.4 is 5.73 Å². The lowest BCUT2D eigenvalue weighted by Gasteiger charge is -2.18. The van der Waals surface area contributed by atoms with Gasteiger partial charge in [0.15, 0.2) is 5.82 Å². The van der Waals surface area contributed by atoms with E-state index in [1.165, 1.54) is 0 Å². The fraction of sp³-hybridized carbons (Fsp3) is 0.818. The second kappa shape index (κ2) is 5.41. The Morgan fingerprint density at radius 2 is 2.19 bits per heavy atom. The summed E-state index contributed by atoms with van der Waals surface area (Å²) >= 11 is 0. The Morgan fingerprint density at radius 3 is 2.88 bits per heavy atom. The highest BCUT2D eigenvalue weighted by atomic mass is 16.5. The molecule has 1 aliphatic rings. The maximum Gasteiger partial charge on any atom is 0.243 e. The normalized spacial score (nSPS) is 19.9. The van der Waals surface area contributed by atoms with E-state index in [1.807, 2.05) is 0 Å². The minimum Gasteiger partial charge on any atom is -0.381 e. The molecule has 0 bridgehead atoms. The molecule has 0 aliphatic carbocycles. The molecular weight excluding hydrogens is 206 g/mol. The first kappa shape index (κ1) is 11.5. The van der Waals surface area contributed by atoms with Gasteiger partial charge in [-0.1, -0.05) is 18.5 Å². The Balaban J connectivity index is 2.00. The van der Waals surface area contributed by atoms with Gasteiger partial charge in [-0.05, 0) is 19.3 Å². The lowest BCUT2D eigenvalue weighted by atomic mass is 10.00. The third-order valence-corrected chi connectivity index (χ3v) is 2.96. The highest BCUT2D eigenvalue weighted by Crippen LogP contribution is 2.25. The van der Waals surface area contributed by atoms with Crippen molar-refractivity contribution in [2.24, 2.45) is 5.73 Å². The summed E-state index contributed by atoms with van der Waals surface area (Å²) in [5.41, 5.74) is 5.93. The van der Waals surface area contributed by atoms with E-state index in [1.54, 1.807) is 0 Å². The minimum atomic E-state index is -0.119. The Hall–Kier alpha value is -0.940.